The Morgan fingerprint density at radius 1 is 1.50 bits per heavy atom. The quantitative estimate of drug-likeness (QED) is 0.851. The molecule has 5 nitrogen and oxygen atoms in total. The Bertz CT molecular complexity index is 632. The third-order valence-electron chi connectivity index (χ3n) is 3.00. The molecular weight excluding hydrogens is 294 g/mol. The minimum Gasteiger partial charge on any atom is -0.272 e. The number of hydrogen-bond donors (Lipinski definition) is 1. The summed E-state index contributed by atoms with van der Waals surface area (Å²) in [5.41, 5.74) is 0. The van der Waals surface area contributed by atoms with Crippen molar-refractivity contribution in [2.24, 2.45) is 5.92 Å². The second kappa shape index (κ2) is 6.51. The Kier molecular flexibility index (Phi) is 4.95. The van der Waals surface area contributed by atoms with E-state index < -0.39 is 10.0 Å². The van der Waals surface area contributed by atoms with Gasteiger partial charge in [0.15, 0.2) is 0 Å². The van der Waals surface area contributed by atoms with Gasteiger partial charge in [-0.05, 0) is 30.7 Å². The van der Waals surface area contributed by atoms with Crippen molar-refractivity contribution in [1.82, 2.24) is 14.5 Å². The second-order valence-electron chi connectivity index (χ2n) is 4.77. The summed E-state index contributed by atoms with van der Waals surface area (Å²) >= 11 is 1.70. The van der Waals surface area contributed by atoms with Crippen molar-refractivity contribution in [2.45, 2.75) is 31.7 Å². The molecule has 0 radical (unpaired) electrons. The van der Waals surface area contributed by atoms with E-state index in [1.807, 2.05) is 25.3 Å². The summed E-state index contributed by atoms with van der Waals surface area (Å²) in [6.07, 6.45) is 3.82. The number of rotatable bonds is 7. The van der Waals surface area contributed by atoms with E-state index in [1.165, 1.54) is 11.1 Å². The minimum absolute atomic E-state index is 0.225. The first-order chi connectivity index (χ1) is 9.51. The van der Waals surface area contributed by atoms with E-state index >= 15 is 0 Å². The topological polar surface area (TPSA) is 64.0 Å². The van der Waals surface area contributed by atoms with Crippen LogP contribution in [0.4, 0.5) is 0 Å². The van der Waals surface area contributed by atoms with Crippen molar-refractivity contribution in [2.75, 3.05) is 6.54 Å². The highest BCUT2D eigenvalue weighted by molar-refractivity contribution is 7.89. The van der Waals surface area contributed by atoms with Crippen LogP contribution < -0.4 is 4.72 Å². The Morgan fingerprint density at radius 2 is 2.30 bits per heavy atom. The van der Waals surface area contributed by atoms with E-state index in [2.05, 4.69) is 15.9 Å². The van der Waals surface area contributed by atoms with Crippen LogP contribution in [0.15, 0.2) is 34.8 Å². The number of aromatic nitrogens is 2. The number of thiophene rings is 1. The number of sulfonamides is 1. The molecule has 1 unspecified atom stereocenters. The molecule has 0 aromatic carbocycles. The molecule has 0 fully saturated rings. The average Bonchev–Trinajstić information content (AvgIpc) is 3.07. The van der Waals surface area contributed by atoms with E-state index in [4.69, 9.17) is 0 Å². The summed E-state index contributed by atoms with van der Waals surface area (Å²) in [5.74, 6) is 0.254. The molecule has 2 heterocycles. The number of aryl methyl sites for hydroxylation is 1. The van der Waals surface area contributed by atoms with E-state index in [9.17, 15) is 8.42 Å². The van der Waals surface area contributed by atoms with Gasteiger partial charge in [-0.2, -0.15) is 5.10 Å². The molecule has 0 bridgehead atoms. The highest BCUT2D eigenvalue weighted by atomic mass is 32.2. The molecule has 1 N–H and O–H groups in total. The lowest BCUT2D eigenvalue weighted by Crippen LogP contribution is -2.28. The van der Waals surface area contributed by atoms with Crippen molar-refractivity contribution in [3.05, 3.63) is 34.8 Å². The summed E-state index contributed by atoms with van der Waals surface area (Å²) in [5, 5.41) is 6.02. The maximum Gasteiger partial charge on any atom is 0.243 e. The van der Waals surface area contributed by atoms with E-state index in [0.717, 1.165) is 6.42 Å². The Morgan fingerprint density at radius 3 is 2.90 bits per heavy atom. The third kappa shape index (κ3) is 3.91. The lowest BCUT2D eigenvalue weighted by Gasteiger charge is -2.11. The number of nitrogens with zero attached hydrogens (tertiary/aromatic N) is 2. The molecule has 0 saturated heterocycles. The molecule has 0 spiro atoms. The Hall–Kier alpha value is -1.18. The summed E-state index contributed by atoms with van der Waals surface area (Å²) in [4.78, 5) is 1.50. The molecule has 0 aliphatic rings. The average molecular weight is 313 g/mol. The predicted octanol–water partition coefficient (Wildman–Crippen LogP) is 2.12. The molecular formula is C13H19N3O2S2. The first kappa shape index (κ1) is 15.2. The van der Waals surface area contributed by atoms with Crippen molar-refractivity contribution in [3.63, 3.8) is 0 Å². The van der Waals surface area contributed by atoms with Gasteiger partial charge in [0.25, 0.3) is 0 Å². The van der Waals surface area contributed by atoms with Gasteiger partial charge in [0.1, 0.15) is 4.90 Å². The molecule has 20 heavy (non-hydrogen) atoms. The molecule has 0 saturated carbocycles. The molecule has 7 heteroatoms. The zero-order valence-electron chi connectivity index (χ0n) is 11.6. The molecule has 1 atom stereocenters. The fraction of sp³-hybridized carbons (Fsp3) is 0.462. The zero-order valence-corrected chi connectivity index (χ0v) is 13.2. The van der Waals surface area contributed by atoms with Crippen LogP contribution in [0.1, 0.15) is 18.7 Å². The monoisotopic (exact) mass is 313 g/mol. The zero-order chi connectivity index (χ0) is 14.6. The fourth-order valence-corrected chi connectivity index (χ4v) is 3.82. The minimum atomic E-state index is -3.45. The van der Waals surface area contributed by atoms with Gasteiger partial charge < -0.3 is 0 Å². The number of nitrogens with one attached hydrogen (secondary N) is 1. The molecule has 0 aliphatic carbocycles. The maximum atomic E-state index is 12.1. The molecule has 110 valence electrons. The molecule has 2 aromatic rings. The van der Waals surface area contributed by atoms with Gasteiger partial charge in [-0.3, -0.25) is 4.68 Å². The highest BCUT2D eigenvalue weighted by Gasteiger charge is 2.17. The van der Waals surface area contributed by atoms with Crippen LogP contribution in [0, 0.1) is 5.92 Å². The number of hydrogen-bond acceptors (Lipinski definition) is 4. The summed E-state index contributed by atoms with van der Waals surface area (Å²) in [7, 11) is -3.45. The SMILES string of the molecule is CCn1cc(S(=O)(=O)NCC(C)Cc2cccs2)cn1. The van der Waals surface area contributed by atoms with Gasteiger partial charge in [0.05, 0.1) is 6.20 Å². The normalized spacial score (nSPS) is 13.5. The van der Waals surface area contributed by atoms with Crippen LogP contribution in [0.5, 0.6) is 0 Å². The molecule has 2 rings (SSSR count). The first-order valence-electron chi connectivity index (χ1n) is 6.55. The largest absolute Gasteiger partial charge is 0.272 e. The van der Waals surface area contributed by atoms with Crippen LogP contribution in [0.3, 0.4) is 0 Å². The summed E-state index contributed by atoms with van der Waals surface area (Å²) in [6, 6.07) is 4.08. The van der Waals surface area contributed by atoms with Crippen molar-refractivity contribution in [1.29, 1.82) is 0 Å². The van der Waals surface area contributed by atoms with Crippen LogP contribution in [0.2, 0.25) is 0 Å². The van der Waals surface area contributed by atoms with E-state index in [0.29, 0.717) is 13.1 Å². The van der Waals surface area contributed by atoms with E-state index in [1.54, 1.807) is 22.2 Å². The highest BCUT2D eigenvalue weighted by Crippen LogP contribution is 2.14. The Balaban J connectivity index is 1.91. The van der Waals surface area contributed by atoms with Gasteiger partial charge >= 0.3 is 0 Å². The lowest BCUT2D eigenvalue weighted by atomic mass is 10.1. The first-order valence-corrected chi connectivity index (χ1v) is 8.92. The summed E-state index contributed by atoms with van der Waals surface area (Å²) in [6.45, 7) is 5.04. The standard InChI is InChI=1S/C13H19N3O2S2/c1-3-16-10-13(9-14-16)20(17,18)15-8-11(2)7-12-5-4-6-19-12/h4-6,9-11,15H,3,7-8H2,1-2H3. The smallest absolute Gasteiger partial charge is 0.243 e. The van der Waals surface area contributed by atoms with Gasteiger partial charge in [0, 0.05) is 24.2 Å². The van der Waals surface area contributed by atoms with Crippen molar-refractivity contribution < 1.29 is 8.42 Å². The van der Waals surface area contributed by atoms with Crippen LogP contribution in [-0.4, -0.2) is 24.7 Å². The summed E-state index contributed by atoms with van der Waals surface area (Å²) < 4.78 is 28.5. The molecule has 0 aliphatic heterocycles. The predicted molar refractivity (Wildman–Crippen MR) is 80.3 cm³/mol. The lowest BCUT2D eigenvalue weighted by molar-refractivity contribution is 0.539. The Labute approximate surface area is 123 Å². The molecule has 2 aromatic heterocycles. The maximum absolute atomic E-state index is 12.1. The third-order valence-corrected chi connectivity index (χ3v) is 5.27. The fourth-order valence-electron chi connectivity index (χ4n) is 1.84. The van der Waals surface area contributed by atoms with Crippen LogP contribution >= 0.6 is 11.3 Å². The van der Waals surface area contributed by atoms with Gasteiger partial charge in [-0.1, -0.05) is 13.0 Å². The van der Waals surface area contributed by atoms with Gasteiger partial charge in [-0.25, -0.2) is 13.1 Å². The van der Waals surface area contributed by atoms with E-state index in [-0.39, 0.29) is 10.8 Å². The van der Waals surface area contributed by atoms with Crippen LogP contribution in [-0.2, 0) is 23.0 Å². The van der Waals surface area contributed by atoms with Gasteiger partial charge in [-0.15, -0.1) is 11.3 Å². The molecule has 0 amide bonds. The van der Waals surface area contributed by atoms with Crippen molar-refractivity contribution in [3.8, 4) is 0 Å². The van der Waals surface area contributed by atoms with Crippen LogP contribution in [0.25, 0.3) is 0 Å². The van der Waals surface area contributed by atoms with Gasteiger partial charge in [0.2, 0.25) is 10.0 Å². The van der Waals surface area contributed by atoms with Crippen molar-refractivity contribution >= 4 is 21.4 Å². The second-order valence-corrected chi connectivity index (χ2v) is 7.57.